The second-order valence-corrected chi connectivity index (χ2v) is 5.83. The predicted octanol–water partition coefficient (Wildman–Crippen LogP) is 1.79. The topological polar surface area (TPSA) is 88.1 Å². The van der Waals surface area contributed by atoms with Gasteiger partial charge in [0, 0.05) is 24.8 Å². The first kappa shape index (κ1) is 14.5. The van der Waals surface area contributed by atoms with Crippen LogP contribution in [0.25, 0.3) is 0 Å². The van der Waals surface area contributed by atoms with Crippen molar-refractivity contribution in [3.63, 3.8) is 0 Å². The van der Waals surface area contributed by atoms with Crippen LogP contribution in [0.5, 0.6) is 11.5 Å². The Bertz CT molecular complexity index is 618. The maximum Gasteiger partial charge on any atom is 0.321 e. The highest BCUT2D eigenvalue weighted by Gasteiger charge is 2.42. The summed E-state index contributed by atoms with van der Waals surface area (Å²) < 4.78 is 10.9. The third-order valence-corrected chi connectivity index (χ3v) is 4.07. The van der Waals surface area contributed by atoms with Crippen LogP contribution >= 0.6 is 0 Å². The number of nitrogens with zero attached hydrogens (tertiary/aromatic N) is 1. The third-order valence-electron chi connectivity index (χ3n) is 4.07. The van der Waals surface area contributed by atoms with E-state index < -0.39 is 11.4 Å². The lowest BCUT2D eigenvalue weighted by Crippen LogP contribution is -2.37. The first-order valence-electron chi connectivity index (χ1n) is 7.17. The van der Waals surface area contributed by atoms with Crippen molar-refractivity contribution in [2.75, 3.05) is 31.6 Å². The number of hydrogen-bond acceptors (Lipinski definition) is 4. The second-order valence-electron chi connectivity index (χ2n) is 5.83. The normalized spacial score (nSPS) is 23.2. The summed E-state index contributed by atoms with van der Waals surface area (Å²) in [6.07, 6.45) is 0.455. The number of carbonyl (C=O) groups is 2. The minimum absolute atomic E-state index is 0.207. The summed E-state index contributed by atoms with van der Waals surface area (Å²) in [5, 5.41) is 12.0. The third kappa shape index (κ3) is 2.66. The van der Waals surface area contributed by atoms with Crippen LogP contribution in [0, 0.1) is 5.41 Å². The molecule has 7 heteroatoms. The van der Waals surface area contributed by atoms with E-state index in [4.69, 9.17) is 9.47 Å². The number of carboxylic acid groups (broad SMARTS) is 1. The first-order chi connectivity index (χ1) is 10.5. The van der Waals surface area contributed by atoms with Gasteiger partial charge >= 0.3 is 12.0 Å². The lowest BCUT2D eigenvalue weighted by molar-refractivity contribution is -0.146. The van der Waals surface area contributed by atoms with Crippen LogP contribution in [-0.2, 0) is 4.79 Å². The van der Waals surface area contributed by atoms with E-state index in [1.54, 1.807) is 25.1 Å². The summed E-state index contributed by atoms with van der Waals surface area (Å²) in [7, 11) is 0. The van der Waals surface area contributed by atoms with E-state index in [-0.39, 0.29) is 12.6 Å². The highest BCUT2D eigenvalue weighted by molar-refractivity contribution is 5.90. The van der Waals surface area contributed by atoms with Gasteiger partial charge in [-0.2, -0.15) is 0 Å². The maximum atomic E-state index is 12.2. The van der Waals surface area contributed by atoms with Crippen LogP contribution in [0.3, 0.4) is 0 Å². The van der Waals surface area contributed by atoms with Gasteiger partial charge in [-0.15, -0.1) is 0 Å². The van der Waals surface area contributed by atoms with Gasteiger partial charge in [-0.05, 0) is 25.5 Å². The summed E-state index contributed by atoms with van der Waals surface area (Å²) >= 11 is 0. The lowest BCUT2D eigenvalue weighted by atomic mass is 9.90. The first-order valence-corrected chi connectivity index (χ1v) is 7.17. The molecule has 2 heterocycles. The Hall–Kier alpha value is -2.44. The molecule has 7 nitrogen and oxygen atoms in total. The predicted molar refractivity (Wildman–Crippen MR) is 78.4 cm³/mol. The summed E-state index contributed by atoms with van der Waals surface area (Å²) in [6, 6.07) is 4.88. The molecule has 0 bridgehead atoms. The van der Waals surface area contributed by atoms with Crippen LogP contribution in [0.2, 0.25) is 0 Å². The zero-order valence-electron chi connectivity index (χ0n) is 12.3. The van der Waals surface area contributed by atoms with Gasteiger partial charge in [-0.3, -0.25) is 4.79 Å². The number of anilines is 1. The number of carbonyl (C=O) groups excluding carboxylic acids is 1. The van der Waals surface area contributed by atoms with Crippen molar-refractivity contribution in [1.82, 2.24) is 4.90 Å². The number of ether oxygens (including phenoxy) is 2. The molecule has 0 spiro atoms. The Morgan fingerprint density at radius 2 is 2.00 bits per heavy atom. The van der Waals surface area contributed by atoms with Gasteiger partial charge in [0.05, 0.1) is 5.41 Å². The molecular formula is C15H18N2O5. The molecule has 3 rings (SSSR count). The SMILES string of the molecule is CC1(C(=O)O)CCN(C(=O)Nc2ccc3c(c2)OCCO3)C1. The monoisotopic (exact) mass is 306 g/mol. The number of urea groups is 1. The van der Waals surface area contributed by atoms with Crippen molar-refractivity contribution in [2.45, 2.75) is 13.3 Å². The summed E-state index contributed by atoms with van der Waals surface area (Å²) in [4.78, 5) is 25.0. The van der Waals surface area contributed by atoms with Crippen molar-refractivity contribution < 1.29 is 24.2 Å². The summed E-state index contributed by atoms with van der Waals surface area (Å²) in [6.45, 7) is 3.29. The molecule has 1 saturated heterocycles. The smallest absolute Gasteiger partial charge is 0.321 e. The molecule has 118 valence electrons. The van der Waals surface area contributed by atoms with Gasteiger partial charge < -0.3 is 24.8 Å². The van der Waals surface area contributed by atoms with E-state index in [1.807, 2.05) is 0 Å². The Labute approximate surface area is 127 Å². The Balaban J connectivity index is 1.66. The largest absolute Gasteiger partial charge is 0.486 e. The molecule has 0 aromatic heterocycles. The van der Waals surface area contributed by atoms with Gasteiger partial charge in [0.15, 0.2) is 11.5 Å². The molecule has 1 aromatic rings. The zero-order chi connectivity index (χ0) is 15.7. The number of fused-ring (bicyclic) bond motifs is 1. The average Bonchev–Trinajstić information content (AvgIpc) is 2.91. The van der Waals surface area contributed by atoms with Crippen molar-refractivity contribution in [3.8, 4) is 11.5 Å². The van der Waals surface area contributed by atoms with E-state index >= 15 is 0 Å². The van der Waals surface area contributed by atoms with E-state index in [0.717, 1.165) is 0 Å². The molecule has 2 aliphatic rings. The van der Waals surface area contributed by atoms with Gasteiger partial charge in [0.2, 0.25) is 0 Å². The van der Waals surface area contributed by atoms with E-state index in [0.29, 0.717) is 43.4 Å². The van der Waals surface area contributed by atoms with Crippen LogP contribution in [-0.4, -0.2) is 48.3 Å². The number of nitrogens with one attached hydrogen (secondary N) is 1. The Morgan fingerprint density at radius 3 is 2.68 bits per heavy atom. The number of rotatable bonds is 2. The molecule has 1 fully saturated rings. The van der Waals surface area contributed by atoms with E-state index in [2.05, 4.69) is 5.32 Å². The number of carboxylic acids is 1. The molecule has 22 heavy (non-hydrogen) atoms. The average molecular weight is 306 g/mol. The highest BCUT2D eigenvalue weighted by Crippen LogP contribution is 2.33. The Kier molecular flexibility index (Phi) is 3.56. The number of likely N-dealkylation sites (tertiary alicyclic amines) is 1. The number of benzene rings is 1. The lowest BCUT2D eigenvalue weighted by Gasteiger charge is -2.22. The molecule has 0 radical (unpaired) electrons. The summed E-state index contributed by atoms with van der Waals surface area (Å²) in [5.41, 5.74) is -0.275. The highest BCUT2D eigenvalue weighted by atomic mass is 16.6. The molecule has 1 atom stereocenters. The van der Waals surface area contributed by atoms with Crippen LogP contribution in [0.15, 0.2) is 18.2 Å². The number of hydrogen-bond donors (Lipinski definition) is 2. The molecular weight excluding hydrogens is 288 g/mol. The molecule has 2 amide bonds. The minimum Gasteiger partial charge on any atom is -0.486 e. The fourth-order valence-electron chi connectivity index (χ4n) is 2.63. The van der Waals surface area contributed by atoms with E-state index in [9.17, 15) is 14.7 Å². The van der Waals surface area contributed by atoms with Crippen molar-refractivity contribution >= 4 is 17.7 Å². The molecule has 2 aliphatic heterocycles. The van der Waals surface area contributed by atoms with Crippen molar-refractivity contribution in [1.29, 1.82) is 0 Å². The number of aliphatic carboxylic acids is 1. The van der Waals surface area contributed by atoms with Crippen molar-refractivity contribution in [3.05, 3.63) is 18.2 Å². The van der Waals surface area contributed by atoms with Gasteiger partial charge in [0.1, 0.15) is 13.2 Å². The van der Waals surface area contributed by atoms with Crippen LogP contribution in [0.1, 0.15) is 13.3 Å². The molecule has 2 N–H and O–H groups in total. The fourth-order valence-corrected chi connectivity index (χ4v) is 2.63. The molecule has 1 aromatic carbocycles. The fraction of sp³-hybridized carbons (Fsp3) is 0.467. The summed E-state index contributed by atoms with van der Waals surface area (Å²) in [5.74, 6) is 0.381. The zero-order valence-corrected chi connectivity index (χ0v) is 12.3. The minimum atomic E-state index is -0.873. The van der Waals surface area contributed by atoms with Gasteiger partial charge in [-0.1, -0.05) is 0 Å². The second kappa shape index (κ2) is 5.40. The van der Waals surface area contributed by atoms with Crippen LogP contribution < -0.4 is 14.8 Å². The van der Waals surface area contributed by atoms with E-state index in [1.165, 1.54) is 4.90 Å². The molecule has 1 unspecified atom stereocenters. The van der Waals surface area contributed by atoms with Crippen molar-refractivity contribution in [2.24, 2.45) is 5.41 Å². The standard InChI is InChI=1S/C15H18N2O5/c1-15(13(18)19)4-5-17(9-15)14(20)16-10-2-3-11-12(8-10)22-7-6-21-11/h2-3,8H,4-7,9H2,1H3,(H,16,20)(H,18,19). The quantitative estimate of drug-likeness (QED) is 0.869. The van der Waals surface area contributed by atoms with Gasteiger partial charge in [-0.25, -0.2) is 4.79 Å². The molecule has 0 aliphatic carbocycles. The van der Waals surface area contributed by atoms with Crippen LogP contribution in [0.4, 0.5) is 10.5 Å². The maximum absolute atomic E-state index is 12.2. The Morgan fingerprint density at radius 1 is 1.27 bits per heavy atom. The number of amides is 2. The van der Waals surface area contributed by atoms with Gasteiger partial charge in [0.25, 0.3) is 0 Å². The molecule has 0 saturated carbocycles.